The van der Waals surface area contributed by atoms with Crippen LogP contribution in [0.15, 0.2) is 60.7 Å². The normalized spacial score (nSPS) is 27.3. The largest absolute Gasteiger partial charge is 0.409 e. The van der Waals surface area contributed by atoms with Crippen molar-refractivity contribution in [3.63, 3.8) is 0 Å². The van der Waals surface area contributed by atoms with Crippen LogP contribution in [0.25, 0.3) is 0 Å². The minimum atomic E-state index is -0.355. The van der Waals surface area contributed by atoms with Crippen molar-refractivity contribution < 1.29 is 4.65 Å². The molecule has 2 aromatic rings. The summed E-state index contributed by atoms with van der Waals surface area (Å²) in [4.78, 5) is 2.51. The van der Waals surface area contributed by atoms with Crippen LogP contribution >= 0.6 is 0 Å². The molecule has 0 bridgehead atoms. The van der Waals surface area contributed by atoms with E-state index in [1.54, 1.807) is 0 Å². The summed E-state index contributed by atoms with van der Waals surface area (Å²) < 4.78 is 6.51. The van der Waals surface area contributed by atoms with E-state index in [4.69, 9.17) is 4.65 Å². The fourth-order valence-electron chi connectivity index (χ4n) is 4.26. The Morgan fingerprint density at radius 1 is 0.952 bits per heavy atom. The molecule has 0 saturated carbocycles. The maximum absolute atomic E-state index is 6.51. The van der Waals surface area contributed by atoms with Gasteiger partial charge in [0, 0.05) is 5.54 Å². The van der Waals surface area contributed by atoms with Crippen molar-refractivity contribution in [2.24, 2.45) is 0 Å². The number of benzene rings is 2. The molecule has 4 rings (SSSR count). The van der Waals surface area contributed by atoms with Crippen LogP contribution in [-0.4, -0.2) is 24.5 Å². The Hall–Kier alpha value is -1.58. The minimum absolute atomic E-state index is 0.0374. The summed E-state index contributed by atoms with van der Waals surface area (Å²) in [6.45, 7) is 3.50. The lowest BCUT2D eigenvalue weighted by Crippen LogP contribution is -2.51. The summed E-state index contributed by atoms with van der Waals surface area (Å²) in [6.07, 6.45) is 2.43. The van der Waals surface area contributed by atoms with Crippen molar-refractivity contribution in [3.05, 3.63) is 71.8 Å². The molecule has 0 radical (unpaired) electrons. The SMILES string of the molecule is CC12CCCN1BOC2(c1ccccc1)c1ccccc1. The first-order chi connectivity index (χ1) is 10.3. The number of rotatable bonds is 2. The Labute approximate surface area is 127 Å². The molecule has 2 heterocycles. The van der Waals surface area contributed by atoms with E-state index in [9.17, 15) is 0 Å². The number of fused-ring (bicyclic) bond motifs is 1. The highest BCUT2D eigenvalue weighted by atomic mass is 16.5. The van der Waals surface area contributed by atoms with E-state index in [0.29, 0.717) is 0 Å². The molecule has 2 fully saturated rings. The van der Waals surface area contributed by atoms with Gasteiger partial charge in [-0.25, -0.2) is 0 Å². The van der Waals surface area contributed by atoms with Gasteiger partial charge in [0.15, 0.2) is 0 Å². The van der Waals surface area contributed by atoms with Crippen LogP contribution in [0.5, 0.6) is 0 Å². The molecule has 1 atom stereocenters. The van der Waals surface area contributed by atoms with E-state index in [-0.39, 0.29) is 11.1 Å². The second-order valence-corrected chi connectivity index (χ2v) is 6.33. The van der Waals surface area contributed by atoms with Crippen LogP contribution < -0.4 is 0 Å². The van der Waals surface area contributed by atoms with Crippen LogP contribution in [0.3, 0.4) is 0 Å². The van der Waals surface area contributed by atoms with Gasteiger partial charge >= 0.3 is 7.62 Å². The highest BCUT2D eigenvalue weighted by molar-refractivity contribution is 6.25. The van der Waals surface area contributed by atoms with Gasteiger partial charge in [0.05, 0.1) is 0 Å². The first kappa shape index (κ1) is 13.1. The zero-order valence-corrected chi connectivity index (χ0v) is 12.5. The van der Waals surface area contributed by atoms with Crippen LogP contribution in [-0.2, 0) is 10.3 Å². The fourth-order valence-corrected chi connectivity index (χ4v) is 4.26. The summed E-state index contributed by atoms with van der Waals surface area (Å²) in [6, 6.07) is 21.4. The molecule has 2 saturated heterocycles. The fraction of sp³-hybridized carbons (Fsp3) is 0.333. The average Bonchev–Trinajstić information content (AvgIpc) is 3.04. The average molecular weight is 277 g/mol. The number of hydrogen-bond acceptors (Lipinski definition) is 2. The zero-order valence-electron chi connectivity index (χ0n) is 12.5. The molecule has 0 amide bonds. The standard InChI is InChI=1S/C18H20BNO/c1-17-13-8-14-20(17)19-21-18(17,15-9-4-2-5-10-15)16-11-6-3-7-12-16/h2-7,9-12,19H,8,13-14H2,1H3. The molecular formula is C18H20BNO. The number of hydrogen-bond donors (Lipinski definition) is 0. The van der Waals surface area contributed by atoms with E-state index in [1.165, 1.54) is 24.0 Å². The summed E-state index contributed by atoms with van der Waals surface area (Å²) in [5.74, 6) is 0. The molecule has 2 aliphatic heterocycles. The third kappa shape index (κ3) is 1.68. The topological polar surface area (TPSA) is 12.5 Å². The van der Waals surface area contributed by atoms with Crippen molar-refractivity contribution in [1.82, 2.24) is 4.81 Å². The van der Waals surface area contributed by atoms with Crippen LogP contribution in [0, 0.1) is 0 Å². The maximum atomic E-state index is 6.51. The van der Waals surface area contributed by atoms with Crippen LogP contribution in [0.2, 0.25) is 0 Å². The maximum Gasteiger partial charge on any atom is 0.365 e. The molecule has 106 valence electrons. The Kier molecular flexibility index (Phi) is 2.95. The Morgan fingerprint density at radius 3 is 2.10 bits per heavy atom. The van der Waals surface area contributed by atoms with Gasteiger partial charge in [-0.2, -0.15) is 0 Å². The van der Waals surface area contributed by atoms with Gasteiger partial charge in [-0.3, -0.25) is 0 Å². The molecule has 21 heavy (non-hydrogen) atoms. The van der Waals surface area contributed by atoms with Crippen molar-refractivity contribution >= 4 is 7.62 Å². The summed E-state index contributed by atoms with van der Waals surface area (Å²) in [7, 11) is 0.723. The lowest BCUT2D eigenvalue weighted by atomic mass is 9.71. The van der Waals surface area contributed by atoms with Gasteiger partial charge in [0.2, 0.25) is 0 Å². The monoisotopic (exact) mass is 277 g/mol. The lowest BCUT2D eigenvalue weighted by Gasteiger charge is -2.44. The molecule has 1 unspecified atom stereocenters. The molecule has 0 spiro atoms. The first-order valence-electron chi connectivity index (χ1n) is 7.77. The smallest absolute Gasteiger partial charge is 0.365 e. The Morgan fingerprint density at radius 2 is 1.52 bits per heavy atom. The summed E-state index contributed by atoms with van der Waals surface area (Å²) in [5.41, 5.74) is 2.22. The van der Waals surface area contributed by atoms with Crippen molar-refractivity contribution in [2.75, 3.05) is 6.54 Å². The Bertz CT molecular complexity index is 591. The molecule has 2 aliphatic rings. The molecular weight excluding hydrogens is 257 g/mol. The molecule has 0 aliphatic carbocycles. The van der Waals surface area contributed by atoms with Gasteiger partial charge in [-0.15, -0.1) is 0 Å². The second-order valence-electron chi connectivity index (χ2n) is 6.33. The van der Waals surface area contributed by atoms with Crippen molar-refractivity contribution in [3.8, 4) is 0 Å². The Balaban J connectivity index is 1.96. The lowest BCUT2D eigenvalue weighted by molar-refractivity contribution is 0.0478. The van der Waals surface area contributed by atoms with E-state index in [0.717, 1.165) is 14.2 Å². The molecule has 2 aromatic carbocycles. The van der Waals surface area contributed by atoms with Crippen LogP contribution in [0.1, 0.15) is 30.9 Å². The first-order valence-corrected chi connectivity index (χ1v) is 7.77. The van der Waals surface area contributed by atoms with E-state index >= 15 is 0 Å². The second kappa shape index (κ2) is 4.72. The van der Waals surface area contributed by atoms with Gasteiger partial charge in [-0.05, 0) is 37.4 Å². The molecule has 3 heteroatoms. The van der Waals surface area contributed by atoms with E-state index in [1.807, 2.05) is 0 Å². The van der Waals surface area contributed by atoms with E-state index in [2.05, 4.69) is 72.4 Å². The molecule has 2 nitrogen and oxygen atoms in total. The van der Waals surface area contributed by atoms with Gasteiger partial charge in [0.1, 0.15) is 5.60 Å². The minimum Gasteiger partial charge on any atom is -0.409 e. The molecule has 0 aromatic heterocycles. The summed E-state index contributed by atoms with van der Waals surface area (Å²) in [5, 5.41) is 0. The summed E-state index contributed by atoms with van der Waals surface area (Å²) >= 11 is 0. The quantitative estimate of drug-likeness (QED) is 0.782. The van der Waals surface area contributed by atoms with Gasteiger partial charge < -0.3 is 9.47 Å². The van der Waals surface area contributed by atoms with Crippen LogP contribution in [0.4, 0.5) is 0 Å². The third-order valence-electron chi connectivity index (χ3n) is 5.35. The van der Waals surface area contributed by atoms with E-state index < -0.39 is 0 Å². The molecule has 0 N–H and O–H groups in total. The highest BCUT2D eigenvalue weighted by Gasteiger charge is 2.61. The predicted octanol–water partition coefficient (Wildman–Crippen LogP) is 3.08. The zero-order chi connectivity index (χ0) is 14.3. The van der Waals surface area contributed by atoms with Crippen molar-refractivity contribution in [1.29, 1.82) is 0 Å². The van der Waals surface area contributed by atoms with Crippen molar-refractivity contribution in [2.45, 2.75) is 30.9 Å². The third-order valence-corrected chi connectivity index (χ3v) is 5.35. The predicted molar refractivity (Wildman–Crippen MR) is 86.2 cm³/mol. The number of nitrogens with zero attached hydrogens (tertiary/aromatic N) is 1. The van der Waals surface area contributed by atoms with Gasteiger partial charge in [-0.1, -0.05) is 60.7 Å². The van der Waals surface area contributed by atoms with Gasteiger partial charge in [0.25, 0.3) is 0 Å². The highest BCUT2D eigenvalue weighted by Crippen LogP contribution is 2.53.